The van der Waals surface area contributed by atoms with Gasteiger partial charge >= 0.3 is 0 Å². The first kappa shape index (κ1) is 24.9. The molecular weight excluding hydrogens is 466 g/mol. The molecule has 1 heterocycles. The second-order valence-electron chi connectivity index (χ2n) is 7.77. The van der Waals surface area contributed by atoms with Gasteiger partial charge in [0.1, 0.15) is 5.82 Å². The number of hydrogen-bond acceptors (Lipinski definition) is 2. The quantitative estimate of drug-likeness (QED) is 0.339. The van der Waals surface area contributed by atoms with Crippen LogP contribution >= 0.6 is 34.8 Å². The first-order valence-electron chi connectivity index (χ1n) is 10.7. The topological polar surface area (TPSA) is 6.48 Å². The number of alkyl halides is 3. The number of benzene rings is 3. The number of rotatable bonds is 6. The van der Waals surface area contributed by atoms with Crippen LogP contribution < -0.4 is 4.90 Å². The second kappa shape index (κ2) is 13.1. The lowest BCUT2D eigenvalue weighted by molar-refractivity contribution is 0.250. The van der Waals surface area contributed by atoms with Gasteiger partial charge < -0.3 is 4.90 Å². The largest absolute Gasteiger partial charge is 0.369 e. The monoisotopic (exact) mass is 492 g/mol. The molecule has 1 aliphatic rings. The summed E-state index contributed by atoms with van der Waals surface area (Å²) in [4.78, 5) is 4.77. The third kappa shape index (κ3) is 7.67. The normalized spacial score (nSPS) is 14.1. The van der Waals surface area contributed by atoms with Gasteiger partial charge in [-0.1, -0.05) is 48.5 Å². The van der Waals surface area contributed by atoms with Gasteiger partial charge in [0.05, 0.1) is 0 Å². The highest BCUT2D eigenvalue weighted by Crippen LogP contribution is 2.18. The Labute approximate surface area is 205 Å². The van der Waals surface area contributed by atoms with Crippen molar-refractivity contribution in [2.75, 3.05) is 31.1 Å². The molecule has 0 radical (unpaired) electrons. The molecule has 1 aliphatic heterocycles. The van der Waals surface area contributed by atoms with Crippen LogP contribution in [0.15, 0.2) is 72.8 Å². The van der Waals surface area contributed by atoms with Crippen LogP contribution in [0.2, 0.25) is 0 Å². The Morgan fingerprint density at radius 2 is 0.969 bits per heavy atom. The fourth-order valence-electron chi connectivity index (χ4n) is 3.53. The van der Waals surface area contributed by atoms with Crippen LogP contribution in [0, 0.1) is 5.82 Å². The smallest absolute Gasteiger partial charge is 0.123 e. The van der Waals surface area contributed by atoms with Gasteiger partial charge in [-0.15, -0.1) is 34.8 Å². The van der Waals surface area contributed by atoms with Gasteiger partial charge in [0.15, 0.2) is 0 Å². The molecule has 0 saturated carbocycles. The highest BCUT2D eigenvalue weighted by atomic mass is 35.5. The third-order valence-electron chi connectivity index (χ3n) is 5.48. The SMILES string of the molecule is ClCc1ccc(CCl)cc1.Fc1ccc(N2CCN(Cc3ccc(CCl)cc3)CC2)cc1. The molecule has 0 atom stereocenters. The summed E-state index contributed by atoms with van der Waals surface area (Å²) in [7, 11) is 0. The Morgan fingerprint density at radius 3 is 1.38 bits per heavy atom. The molecule has 170 valence electrons. The molecule has 0 bridgehead atoms. The van der Waals surface area contributed by atoms with Crippen LogP contribution in [-0.4, -0.2) is 31.1 Å². The average Bonchev–Trinajstić information content (AvgIpc) is 2.86. The van der Waals surface area contributed by atoms with E-state index in [1.165, 1.54) is 17.7 Å². The van der Waals surface area contributed by atoms with Gasteiger partial charge in [0.2, 0.25) is 0 Å². The van der Waals surface area contributed by atoms with Gasteiger partial charge in [0.25, 0.3) is 0 Å². The Kier molecular flexibility index (Phi) is 10.1. The van der Waals surface area contributed by atoms with Crippen molar-refractivity contribution in [1.29, 1.82) is 0 Å². The van der Waals surface area contributed by atoms with E-state index in [1.54, 1.807) is 0 Å². The summed E-state index contributed by atoms with van der Waals surface area (Å²) in [6.07, 6.45) is 0. The average molecular weight is 494 g/mol. The summed E-state index contributed by atoms with van der Waals surface area (Å²) in [6.45, 7) is 4.97. The number of anilines is 1. The summed E-state index contributed by atoms with van der Waals surface area (Å²) < 4.78 is 13.0. The summed E-state index contributed by atoms with van der Waals surface area (Å²) in [5.41, 5.74) is 5.86. The van der Waals surface area contributed by atoms with Crippen molar-refractivity contribution in [3.8, 4) is 0 Å². The fraction of sp³-hybridized carbons (Fsp3) is 0.308. The molecule has 0 aliphatic carbocycles. The van der Waals surface area contributed by atoms with E-state index in [1.807, 2.05) is 36.4 Å². The molecule has 32 heavy (non-hydrogen) atoms. The molecular formula is C26H28Cl3FN2. The lowest BCUT2D eigenvalue weighted by atomic mass is 10.1. The van der Waals surface area contributed by atoms with E-state index in [0.29, 0.717) is 17.6 Å². The predicted molar refractivity (Wildman–Crippen MR) is 135 cm³/mol. The van der Waals surface area contributed by atoms with Crippen LogP contribution in [0.4, 0.5) is 10.1 Å². The van der Waals surface area contributed by atoms with Crippen molar-refractivity contribution >= 4 is 40.5 Å². The minimum absolute atomic E-state index is 0.178. The Morgan fingerprint density at radius 1 is 0.562 bits per heavy atom. The summed E-state index contributed by atoms with van der Waals surface area (Å²) in [5, 5.41) is 0. The van der Waals surface area contributed by atoms with Crippen molar-refractivity contribution in [2.24, 2.45) is 0 Å². The summed E-state index contributed by atoms with van der Waals surface area (Å²) in [5.74, 6) is 1.53. The molecule has 3 aromatic rings. The van der Waals surface area contributed by atoms with E-state index in [4.69, 9.17) is 34.8 Å². The maximum absolute atomic E-state index is 13.0. The molecule has 0 unspecified atom stereocenters. The van der Waals surface area contributed by atoms with Crippen molar-refractivity contribution in [2.45, 2.75) is 24.2 Å². The van der Waals surface area contributed by atoms with Crippen LogP contribution in [0.25, 0.3) is 0 Å². The Bertz CT molecular complexity index is 900. The standard InChI is InChI=1S/C18H20ClFN2.C8H8Cl2/c19-13-15-1-3-16(4-2-15)14-21-9-11-22(12-10-21)18-7-5-17(20)6-8-18;9-5-7-1-2-8(6-10)4-3-7/h1-8H,9-14H2;1-4H,5-6H2. The number of halogens is 4. The molecule has 2 nitrogen and oxygen atoms in total. The molecule has 4 rings (SSSR count). The molecule has 0 aromatic heterocycles. The maximum atomic E-state index is 13.0. The van der Waals surface area contributed by atoms with Crippen molar-refractivity contribution in [1.82, 2.24) is 4.90 Å². The van der Waals surface area contributed by atoms with E-state index >= 15 is 0 Å². The highest BCUT2D eigenvalue weighted by Gasteiger charge is 2.17. The van der Waals surface area contributed by atoms with Gasteiger partial charge in [-0.3, -0.25) is 4.90 Å². The first-order chi connectivity index (χ1) is 15.6. The molecule has 3 aromatic carbocycles. The van der Waals surface area contributed by atoms with Crippen LogP contribution in [0.1, 0.15) is 22.3 Å². The molecule has 0 spiro atoms. The molecule has 1 saturated heterocycles. The molecule has 1 fully saturated rings. The Balaban J connectivity index is 0.000000243. The number of piperazine rings is 1. The van der Waals surface area contributed by atoms with Crippen molar-refractivity contribution in [3.05, 3.63) is 101 Å². The zero-order valence-electron chi connectivity index (χ0n) is 18.0. The molecule has 0 N–H and O–H groups in total. The van der Waals surface area contributed by atoms with E-state index in [9.17, 15) is 4.39 Å². The van der Waals surface area contributed by atoms with Gasteiger partial charge in [-0.2, -0.15) is 0 Å². The number of nitrogens with zero attached hydrogens (tertiary/aromatic N) is 2. The van der Waals surface area contributed by atoms with Gasteiger partial charge in [-0.05, 0) is 46.5 Å². The Hall–Kier alpha value is -1.78. The second-order valence-corrected chi connectivity index (χ2v) is 8.58. The van der Waals surface area contributed by atoms with E-state index in [-0.39, 0.29) is 5.82 Å². The van der Waals surface area contributed by atoms with Crippen molar-refractivity contribution < 1.29 is 4.39 Å². The van der Waals surface area contributed by atoms with Crippen LogP contribution in [0.5, 0.6) is 0 Å². The van der Waals surface area contributed by atoms with Crippen molar-refractivity contribution in [3.63, 3.8) is 0 Å². The van der Waals surface area contributed by atoms with Crippen LogP contribution in [0.3, 0.4) is 0 Å². The molecule has 0 amide bonds. The lowest BCUT2D eigenvalue weighted by Crippen LogP contribution is -2.45. The number of hydrogen-bond donors (Lipinski definition) is 0. The van der Waals surface area contributed by atoms with Gasteiger partial charge in [0, 0.05) is 56.1 Å². The zero-order chi connectivity index (χ0) is 22.8. The molecule has 6 heteroatoms. The lowest BCUT2D eigenvalue weighted by Gasteiger charge is -2.36. The summed E-state index contributed by atoms with van der Waals surface area (Å²) in [6, 6.07) is 23.2. The minimum atomic E-state index is -0.178. The zero-order valence-corrected chi connectivity index (χ0v) is 20.3. The summed E-state index contributed by atoms with van der Waals surface area (Å²) >= 11 is 17.0. The van der Waals surface area contributed by atoms with Crippen LogP contribution in [-0.2, 0) is 24.2 Å². The first-order valence-corrected chi connectivity index (χ1v) is 12.3. The van der Waals surface area contributed by atoms with E-state index in [2.05, 4.69) is 34.1 Å². The maximum Gasteiger partial charge on any atom is 0.123 e. The highest BCUT2D eigenvalue weighted by molar-refractivity contribution is 6.17. The van der Waals surface area contributed by atoms with E-state index in [0.717, 1.165) is 55.1 Å². The minimum Gasteiger partial charge on any atom is -0.369 e. The van der Waals surface area contributed by atoms with E-state index < -0.39 is 0 Å². The fourth-order valence-corrected chi connectivity index (χ4v) is 4.06. The third-order valence-corrected chi connectivity index (χ3v) is 6.40. The van der Waals surface area contributed by atoms with Gasteiger partial charge in [-0.25, -0.2) is 4.39 Å². The predicted octanol–water partition coefficient (Wildman–Crippen LogP) is 7.05.